The van der Waals surface area contributed by atoms with Crippen LogP contribution in [-0.4, -0.2) is 27.5 Å². The Hall–Kier alpha value is -3.78. The molecule has 0 bridgehead atoms. The predicted molar refractivity (Wildman–Crippen MR) is 105 cm³/mol. The van der Waals surface area contributed by atoms with Gasteiger partial charge >= 0.3 is 0 Å². The highest BCUT2D eigenvalue weighted by Gasteiger charge is 2.13. The van der Waals surface area contributed by atoms with Crippen molar-refractivity contribution in [1.82, 2.24) is 10.3 Å². The Kier molecular flexibility index (Phi) is 6.49. The second-order valence-electron chi connectivity index (χ2n) is 6.25. The van der Waals surface area contributed by atoms with Gasteiger partial charge in [0.1, 0.15) is 12.4 Å². The van der Waals surface area contributed by atoms with E-state index in [4.69, 9.17) is 4.74 Å². The van der Waals surface area contributed by atoms with Crippen LogP contribution in [-0.2, 0) is 6.61 Å². The Morgan fingerprint density at radius 3 is 2.48 bits per heavy atom. The molecule has 3 aromatic rings. The van der Waals surface area contributed by atoms with Gasteiger partial charge in [0.2, 0.25) is 0 Å². The maximum absolute atomic E-state index is 12.3. The molecule has 0 unspecified atom stereocenters. The largest absolute Gasteiger partial charge is 0.489 e. The van der Waals surface area contributed by atoms with E-state index in [0.29, 0.717) is 23.5 Å². The van der Waals surface area contributed by atoms with Crippen LogP contribution in [0, 0.1) is 10.1 Å². The van der Waals surface area contributed by atoms with Crippen LogP contribution in [0.4, 0.5) is 5.69 Å². The topological polar surface area (TPSA) is 115 Å². The number of nitrogens with zero attached hydrogens (tertiary/aromatic N) is 2. The average Bonchev–Trinajstić information content (AvgIpc) is 2.77. The molecular weight excluding hydrogens is 374 g/mol. The van der Waals surface area contributed by atoms with Gasteiger partial charge in [0.05, 0.1) is 11.0 Å². The number of ether oxygens (including phenoxy) is 1. The first kappa shape index (κ1) is 20.0. The average molecular weight is 393 g/mol. The van der Waals surface area contributed by atoms with Crippen molar-refractivity contribution in [1.29, 1.82) is 0 Å². The molecule has 1 amide bonds. The van der Waals surface area contributed by atoms with Gasteiger partial charge < -0.3 is 15.2 Å². The van der Waals surface area contributed by atoms with Crippen LogP contribution in [0.3, 0.4) is 0 Å². The molecule has 29 heavy (non-hydrogen) atoms. The summed E-state index contributed by atoms with van der Waals surface area (Å²) in [6.07, 6.45) is 2.44. The number of nitro benzene ring substituents is 1. The first-order valence-corrected chi connectivity index (χ1v) is 8.85. The highest BCUT2D eigenvalue weighted by Crippen LogP contribution is 2.18. The minimum absolute atomic E-state index is 0.0180. The van der Waals surface area contributed by atoms with E-state index in [1.165, 1.54) is 24.3 Å². The van der Waals surface area contributed by atoms with E-state index in [2.05, 4.69) is 10.3 Å². The molecule has 2 N–H and O–H groups in total. The van der Waals surface area contributed by atoms with Crippen molar-refractivity contribution in [2.45, 2.75) is 12.7 Å². The van der Waals surface area contributed by atoms with Crippen LogP contribution in [0.15, 0.2) is 73.1 Å². The molecule has 2 aromatic carbocycles. The van der Waals surface area contributed by atoms with Crippen LogP contribution >= 0.6 is 0 Å². The van der Waals surface area contributed by atoms with Gasteiger partial charge in [-0.3, -0.25) is 19.9 Å². The number of non-ortho nitro benzene ring substituents is 1. The molecule has 0 saturated heterocycles. The number of amides is 1. The van der Waals surface area contributed by atoms with Gasteiger partial charge in [-0.15, -0.1) is 0 Å². The Labute approximate surface area is 166 Å². The number of nitrogens with one attached hydrogen (secondary N) is 1. The number of nitro groups is 1. The third-order valence-electron chi connectivity index (χ3n) is 4.19. The molecule has 0 aliphatic heterocycles. The van der Waals surface area contributed by atoms with Crippen molar-refractivity contribution in [3.05, 3.63) is 99.9 Å². The van der Waals surface area contributed by atoms with Gasteiger partial charge in [-0.05, 0) is 48.0 Å². The highest BCUT2D eigenvalue weighted by molar-refractivity contribution is 5.94. The van der Waals surface area contributed by atoms with Crippen LogP contribution in [0.25, 0.3) is 0 Å². The fourth-order valence-electron chi connectivity index (χ4n) is 2.58. The summed E-state index contributed by atoms with van der Waals surface area (Å²) in [6.45, 7) is 0.358. The Morgan fingerprint density at radius 1 is 1.14 bits per heavy atom. The fraction of sp³-hybridized carbons (Fsp3) is 0.143. The minimum atomic E-state index is -0.971. The maximum atomic E-state index is 12.3. The zero-order chi connectivity index (χ0) is 20.6. The van der Waals surface area contributed by atoms with Gasteiger partial charge in [0.15, 0.2) is 0 Å². The van der Waals surface area contributed by atoms with Gasteiger partial charge in [-0.25, -0.2) is 0 Å². The highest BCUT2D eigenvalue weighted by atomic mass is 16.6. The van der Waals surface area contributed by atoms with Crippen LogP contribution in [0.2, 0.25) is 0 Å². The second-order valence-corrected chi connectivity index (χ2v) is 6.25. The van der Waals surface area contributed by atoms with Gasteiger partial charge in [0.25, 0.3) is 11.6 Å². The normalized spacial score (nSPS) is 11.5. The lowest BCUT2D eigenvalue weighted by molar-refractivity contribution is -0.384. The number of pyridine rings is 1. The third kappa shape index (κ3) is 5.60. The number of rotatable bonds is 8. The van der Waals surface area contributed by atoms with Crippen molar-refractivity contribution in [3.63, 3.8) is 0 Å². The lowest BCUT2D eigenvalue weighted by Gasteiger charge is -2.12. The van der Waals surface area contributed by atoms with Crippen LogP contribution in [0.5, 0.6) is 5.75 Å². The van der Waals surface area contributed by atoms with Crippen molar-refractivity contribution in [2.75, 3.05) is 6.54 Å². The van der Waals surface area contributed by atoms with Crippen molar-refractivity contribution >= 4 is 11.6 Å². The Bertz CT molecular complexity index is 960. The Balaban J connectivity index is 1.50. The molecule has 0 fully saturated rings. The summed E-state index contributed by atoms with van der Waals surface area (Å²) in [6, 6.07) is 15.9. The SMILES string of the molecule is O=C(NC[C@H](O)c1ccc([N+](=O)[O-])cc1)c1ccc(OCc2cccnc2)cc1. The summed E-state index contributed by atoms with van der Waals surface area (Å²) >= 11 is 0. The predicted octanol–water partition coefficient (Wildman–Crippen LogP) is 3.03. The van der Waals surface area contributed by atoms with E-state index >= 15 is 0 Å². The van der Waals surface area contributed by atoms with E-state index in [1.807, 2.05) is 12.1 Å². The number of aromatic nitrogens is 1. The van der Waals surface area contributed by atoms with E-state index < -0.39 is 11.0 Å². The standard InChI is InChI=1S/C21H19N3O5/c25-20(16-3-7-18(8-4-16)24(27)28)13-23-21(26)17-5-9-19(10-6-17)29-14-15-2-1-11-22-12-15/h1-12,20,25H,13-14H2,(H,23,26)/t20-/m0/s1. The molecule has 1 atom stereocenters. The number of aliphatic hydroxyl groups is 1. The summed E-state index contributed by atoms with van der Waals surface area (Å²) in [4.78, 5) is 26.4. The monoisotopic (exact) mass is 393 g/mol. The van der Waals surface area contributed by atoms with Gasteiger partial charge in [0, 0.05) is 42.2 Å². The quantitative estimate of drug-likeness (QED) is 0.449. The zero-order valence-corrected chi connectivity index (χ0v) is 15.4. The van der Waals surface area contributed by atoms with Crippen molar-refractivity contribution in [2.24, 2.45) is 0 Å². The first-order chi connectivity index (χ1) is 14.0. The van der Waals surface area contributed by atoms with Crippen molar-refractivity contribution in [3.8, 4) is 5.75 Å². The van der Waals surface area contributed by atoms with Crippen LogP contribution in [0.1, 0.15) is 27.6 Å². The van der Waals surface area contributed by atoms with E-state index in [9.17, 15) is 20.0 Å². The molecule has 3 rings (SSSR count). The lowest BCUT2D eigenvalue weighted by Crippen LogP contribution is -2.28. The molecule has 148 valence electrons. The zero-order valence-electron chi connectivity index (χ0n) is 15.4. The summed E-state index contributed by atoms with van der Waals surface area (Å²) in [7, 11) is 0. The number of hydrogen-bond donors (Lipinski definition) is 2. The third-order valence-corrected chi connectivity index (χ3v) is 4.19. The van der Waals surface area contributed by atoms with E-state index in [-0.39, 0.29) is 18.1 Å². The van der Waals surface area contributed by atoms with Gasteiger partial charge in [-0.2, -0.15) is 0 Å². The maximum Gasteiger partial charge on any atom is 0.269 e. The molecule has 0 spiro atoms. The fourth-order valence-corrected chi connectivity index (χ4v) is 2.58. The molecule has 1 aromatic heterocycles. The summed E-state index contributed by atoms with van der Waals surface area (Å²) in [5, 5.41) is 23.5. The molecule has 0 aliphatic rings. The molecule has 0 radical (unpaired) electrons. The number of hydrogen-bond acceptors (Lipinski definition) is 6. The van der Waals surface area contributed by atoms with Crippen LogP contribution < -0.4 is 10.1 Å². The molecule has 0 aliphatic carbocycles. The number of aliphatic hydroxyl groups excluding tert-OH is 1. The molecule has 1 heterocycles. The molecule has 8 nitrogen and oxygen atoms in total. The smallest absolute Gasteiger partial charge is 0.269 e. The minimum Gasteiger partial charge on any atom is -0.489 e. The molecule has 8 heteroatoms. The van der Waals surface area contributed by atoms with E-state index in [1.54, 1.807) is 36.7 Å². The Morgan fingerprint density at radius 2 is 1.86 bits per heavy atom. The van der Waals surface area contributed by atoms with Gasteiger partial charge in [-0.1, -0.05) is 6.07 Å². The lowest BCUT2D eigenvalue weighted by atomic mass is 10.1. The number of carbonyl (C=O) groups is 1. The number of carbonyl (C=O) groups excluding carboxylic acids is 1. The van der Waals surface area contributed by atoms with Crippen molar-refractivity contribution < 1.29 is 19.6 Å². The molecule has 0 saturated carbocycles. The second kappa shape index (κ2) is 9.43. The first-order valence-electron chi connectivity index (χ1n) is 8.85. The summed E-state index contributed by atoms with van der Waals surface area (Å²) in [5.41, 5.74) is 1.79. The number of benzene rings is 2. The summed E-state index contributed by atoms with van der Waals surface area (Å²) < 4.78 is 5.65. The molecular formula is C21H19N3O5. The summed E-state index contributed by atoms with van der Waals surface area (Å²) in [5.74, 6) is 0.279. The van der Waals surface area contributed by atoms with E-state index in [0.717, 1.165) is 5.56 Å².